The number of piperidine rings is 1. The number of ether oxygens (including phenoxy) is 2. The van der Waals surface area contributed by atoms with Gasteiger partial charge in [-0.1, -0.05) is 11.6 Å². The van der Waals surface area contributed by atoms with E-state index in [1.807, 2.05) is 0 Å². The molecule has 13 heteroatoms. The Morgan fingerprint density at radius 2 is 1.97 bits per heavy atom. The Morgan fingerprint density at radius 1 is 1.26 bits per heavy atom. The summed E-state index contributed by atoms with van der Waals surface area (Å²) in [4.78, 5) is 51.8. The minimum atomic E-state index is -1.33. The van der Waals surface area contributed by atoms with Crippen LogP contribution in [0.4, 0.5) is 25.4 Å². The van der Waals surface area contributed by atoms with Gasteiger partial charge in [-0.05, 0) is 62.7 Å². The fraction of sp³-hybridized carbons (Fsp3) is 0.385. The van der Waals surface area contributed by atoms with Crippen molar-refractivity contribution in [1.29, 1.82) is 0 Å². The fourth-order valence-corrected chi connectivity index (χ4v) is 4.94. The molecule has 0 saturated carbocycles. The van der Waals surface area contributed by atoms with E-state index in [0.717, 1.165) is 4.90 Å². The third kappa shape index (κ3) is 5.82. The first-order chi connectivity index (χ1) is 18.6. The molecule has 3 atom stereocenters. The lowest BCUT2D eigenvalue weighted by Crippen LogP contribution is -2.58. The van der Waals surface area contributed by atoms with E-state index in [2.05, 4.69) is 16.0 Å². The highest BCUT2D eigenvalue weighted by atomic mass is 35.5. The topological polar surface area (TPSA) is 146 Å². The van der Waals surface area contributed by atoms with Crippen molar-refractivity contribution in [3.8, 4) is 0 Å². The van der Waals surface area contributed by atoms with Gasteiger partial charge in [0, 0.05) is 31.3 Å². The van der Waals surface area contributed by atoms with Crippen molar-refractivity contribution in [2.45, 2.75) is 43.9 Å². The fourth-order valence-electron chi connectivity index (χ4n) is 4.78. The Bertz CT molecular complexity index is 1280. The molecule has 2 aromatic carbocycles. The van der Waals surface area contributed by atoms with Gasteiger partial charge in [0.1, 0.15) is 6.04 Å². The molecule has 2 aliphatic heterocycles. The molecule has 4 rings (SSSR count). The largest absolute Gasteiger partial charge is 0.465 e. The molecule has 0 bridgehead atoms. The molecule has 2 aromatic rings. The highest BCUT2D eigenvalue weighted by molar-refractivity contribution is 6.31. The van der Waals surface area contributed by atoms with Crippen LogP contribution in [0.1, 0.15) is 42.1 Å². The normalized spacial score (nSPS) is 20.0. The van der Waals surface area contributed by atoms with Crippen molar-refractivity contribution in [2.75, 3.05) is 30.4 Å². The number of anilines is 2. The van der Waals surface area contributed by atoms with Gasteiger partial charge in [-0.2, -0.15) is 0 Å². The summed E-state index contributed by atoms with van der Waals surface area (Å²) in [6, 6.07) is 6.92. The lowest BCUT2D eigenvalue weighted by Gasteiger charge is -2.44. The van der Waals surface area contributed by atoms with Crippen molar-refractivity contribution in [3.63, 3.8) is 0 Å². The van der Waals surface area contributed by atoms with Crippen LogP contribution in [0.25, 0.3) is 0 Å². The van der Waals surface area contributed by atoms with Crippen LogP contribution >= 0.6 is 11.6 Å². The average Bonchev–Trinajstić information content (AvgIpc) is 2.90. The standard InChI is InChI=1S/C26H28ClFN4O7/c1-14(38-2)12-18(31-22(33)15-4-6-16(7-5-15)30-24(35)36)23(34)32-19-9-8-17(27)21(28)20(19)26(39-25(32)37)10-3-11-29-13-26/h4-9,14,18,29-30H,3,10-13H2,1-2H3,(H,31,33)(H,35,36)/t14-,18-,26-/m0/s1. The van der Waals surface area contributed by atoms with Crippen molar-refractivity contribution in [3.05, 3.63) is 58.4 Å². The molecule has 4 N–H and O–H groups in total. The Labute approximate surface area is 228 Å². The number of halogens is 2. The molecule has 0 aromatic heterocycles. The first-order valence-electron chi connectivity index (χ1n) is 12.3. The van der Waals surface area contributed by atoms with Crippen LogP contribution in [-0.2, 0) is 19.9 Å². The monoisotopic (exact) mass is 562 g/mol. The number of carbonyl (C=O) groups is 4. The Morgan fingerprint density at radius 3 is 2.59 bits per heavy atom. The maximum atomic E-state index is 15.5. The van der Waals surface area contributed by atoms with Crippen LogP contribution in [0.2, 0.25) is 5.02 Å². The van der Waals surface area contributed by atoms with Gasteiger partial charge in [-0.25, -0.2) is 18.9 Å². The summed E-state index contributed by atoms with van der Waals surface area (Å²) in [5, 5.41) is 16.6. The quantitative estimate of drug-likeness (QED) is 0.398. The molecule has 208 valence electrons. The Hall–Kier alpha value is -3.74. The number of fused-ring (bicyclic) bond motifs is 2. The summed E-state index contributed by atoms with van der Waals surface area (Å²) in [7, 11) is 1.43. The zero-order valence-corrected chi connectivity index (χ0v) is 22.0. The number of nitrogens with zero attached hydrogens (tertiary/aromatic N) is 1. The summed E-state index contributed by atoms with van der Waals surface area (Å²) in [5.74, 6) is -2.29. The number of imide groups is 1. The van der Waals surface area contributed by atoms with Crippen molar-refractivity contribution >= 4 is 47.0 Å². The highest BCUT2D eigenvalue weighted by Crippen LogP contribution is 2.46. The minimum absolute atomic E-state index is 0.00142. The number of hydrogen-bond donors (Lipinski definition) is 4. The summed E-state index contributed by atoms with van der Waals surface area (Å²) in [6.45, 7) is 2.50. The lowest BCUT2D eigenvalue weighted by molar-refractivity contribution is -0.121. The van der Waals surface area contributed by atoms with Gasteiger partial charge < -0.3 is 25.2 Å². The van der Waals surface area contributed by atoms with Gasteiger partial charge in [0.15, 0.2) is 11.4 Å². The Balaban J connectivity index is 1.67. The van der Waals surface area contributed by atoms with Crippen molar-refractivity contribution < 1.29 is 38.1 Å². The molecule has 39 heavy (non-hydrogen) atoms. The summed E-state index contributed by atoms with van der Waals surface area (Å²) >= 11 is 6.09. The SMILES string of the molecule is CO[C@@H](C)C[C@H](NC(=O)c1ccc(NC(=O)O)cc1)C(=O)N1C(=O)O[C@]2(CCCNC2)c2c1ccc(Cl)c2F. The van der Waals surface area contributed by atoms with Gasteiger partial charge in [0.25, 0.3) is 11.8 Å². The second-order valence-corrected chi connectivity index (χ2v) is 9.79. The molecule has 0 aliphatic carbocycles. The predicted molar refractivity (Wildman–Crippen MR) is 140 cm³/mol. The van der Waals surface area contributed by atoms with Crippen molar-refractivity contribution in [2.24, 2.45) is 0 Å². The van der Waals surface area contributed by atoms with Gasteiger partial charge in [-0.15, -0.1) is 0 Å². The smallest absolute Gasteiger partial charge is 0.422 e. The number of methoxy groups -OCH3 is 1. The molecule has 11 nitrogen and oxygen atoms in total. The first kappa shape index (κ1) is 28.3. The zero-order valence-electron chi connectivity index (χ0n) is 21.3. The van der Waals surface area contributed by atoms with E-state index in [0.29, 0.717) is 19.4 Å². The van der Waals surface area contributed by atoms with Gasteiger partial charge in [0.05, 0.1) is 22.4 Å². The van der Waals surface area contributed by atoms with E-state index >= 15 is 4.39 Å². The zero-order chi connectivity index (χ0) is 28.3. The summed E-state index contributed by atoms with van der Waals surface area (Å²) < 4.78 is 26.5. The number of nitrogens with one attached hydrogen (secondary N) is 3. The first-order valence-corrected chi connectivity index (χ1v) is 12.6. The van der Waals surface area contributed by atoms with Crippen molar-refractivity contribution in [1.82, 2.24) is 10.6 Å². The van der Waals surface area contributed by atoms with Crippen LogP contribution < -0.4 is 20.9 Å². The molecule has 4 amide bonds. The maximum Gasteiger partial charge on any atom is 0.422 e. The number of carbonyl (C=O) groups excluding carboxylic acids is 3. The molecule has 1 saturated heterocycles. The molecule has 2 aliphatic rings. The van der Waals surface area contributed by atoms with E-state index in [1.54, 1.807) is 6.92 Å². The number of hydrogen-bond acceptors (Lipinski definition) is 7. The molecule has 2 heterocycles. The van der Waals surface area contributed by atoms with E-state index in [9.17, 15) is 19.2 Å². The molecule has 0 unspecified atom stereocenters. The van der Waals surface area contributed by atoms with Crippen LogP contribution in [0, 0.1) is 5.82 Å². The minimum Gasteiger partial charge on any atom is -0.465 e. The summed E-state index contributed by atoms with van der Waals surface area (Å²) in [6.07, 6.45) is -1.82. The van der Waals surface area contributed by atoms with Crippen LogP contribution in [0.15, 0.2) is 36.4 Å². The maximum absolute atomic E-state index is 15.5. The third-order valence-electron chi connectivity index (χ3n) is 6.77. The van der Waals surface area contributed by atoms with E-state index in [-0.39, 0.29) is 40.5 Å². The van der Waals surface area contributed by atoms with E-state index in [4.69, 9.17) is 26.2 Å². The lowest BCUT2D eigenvalue weighted by atomic mass is 9.83. The molecular weight excluding hydrogens is 535 g/mol. The number of rotatable bonds is 7. The predicted octanol–water partition coefficient (Wildman–Crippen LogP) is 3.85. The molecular formula is C26H28ClFN4O7. The second kappa shape index (κ2) is 11.6. The van der Waals surface area contributed by atoms with Gasteiger partial charge >= 0.3 is 12.2 Å². The average molecular weight is 563 g/mol. The number of benzene rings is 2. The van der Waals surface area contributed by atoms with Crippen LogP contribution in [0.3, 0.4) is 0 Å². The Kier molecular flexibility index (Phi) is 8.38. The van der Waals surface area contributed by atoms with E-state index < -0.39 is 47.6 Å². The van der Waals surface area contributed by atoms with Crippen LogP contribution in [0.5, 0.6) is 0 Å². The van der Waals surface area contributed by atoms with Gasteiger partial charge in [0.2, 0.25) is 0 Å². The molecule has 1 spiro atoms. The highest BCUT2D eigenvalue weighted by Gasteiger charge is 2.50. The number of amides is 4. The van der Waals surface area contributed by atoms with Gasteiger partial charge in [-0.3, -0.25) is 14.9 Å². The third-order valence-corrected chi connectivity index (χ3v) is 7.06. The molecule has 0 radical (unpaired) electrons. The van der Waals surface area contributed by atoms with E-state index in [1.165, 1.54) is 43.5 Å². The molecule has 1 fully saturated rings. The number of carboxylic acid groups (broad SMARTS) is 1. The van der Waals surface area contributed by atoms with Crippen LogP contribution in [-0.4, -0.2) is 61.5 Å². The second-order valence-electron chi connectivity index (χ2n) is 9.39. The summed E-state index contributed by atoms with van der Waals surface area (Å²) in [5.41, 5.74) is -0.947.